The number of carboxylic acids is 1. The molecule has 0 aromatic rings. The van der Waals surface area contributed by atoms with Crippen molar-refractivity contribution in [1.82, 2.24) is 0 Å². The van der Waals surface area contributed by atoms with Crippen LogP contribution in [0, 0.1) is 11.3 Å². The van der Waals surface area contributed by atoms with E-state index in [9.17, 15) is 9.90 Å². The molecule has 1 saturated carbocycles. The molecule has 0 aliphatic heterocycles. The van der Waals surface area contributed by atoms with Crippen molar-refractivity contribution >= 4 is 5.97 Å². The van der Waals surface area contributed by atoms with Gasteiger partial charge in [0.25, 0.3) is 0 Å². The summed E-state index contributed by atoms with van der Waals surface area (Å²) < 4.78 is 0. The van der Waals surface area contributed by atoms with Crippen molar-refractivity contribution in [2.75, 3.05) is 0 Å². The fraction of sp³-hybridized carbons (Fsp3) is 0.917. The van der Waals surface area contributed by atoms with Crippen LogP contribution >= 0.6 is 0 Å². The van der Waals surface area contributed by atoms with Crippen molar-refractivity contribution in [2.24, 2.45) is 11.3 Å². The molecule has 1 fully saturated rings. The van der Waals surface area contributed by atoms with Gasteiger partial charge < -0.3 is 5.11 Å². The lowest BCUT2D eigenvalue weighted by molar-refractivity contribution is -0.149. The van der Waals surface area contributed by atoms with E-state index in [2.05, 4.69) is 13.8 Å². The molecule has 2 heteroatoms. The highest BCUT2D eigenvalue weighted by atomic mass is 16.4. The van der Waals surface area contributed by atoms with Crippen molar-refractivity contribution in [2.45, 2.75) is 58.8 Å². The molecular formula is C12H22O2. The zero-order valence-corrected chi connectivity index (χ0v) is 9.38. The van der Waals surface area contributed by atoms with E-state index in [1.165, 1.54) is 12.8 Å². The quantitative estimate of drug-likeness (QED) is 0.687. The Morgan fingerprint density at radius 2 is 2.21 bits per heavy atom. The van der Waals surface area contributed by atoms with Gasteiger partial charge in [-0.15, -0.1) is 0 Å². The summed E-state index contributed by atoms with van der Waals surface area (Å²) >= 11 is 0. The highest BCUT2D eigenvalue weighted by Crippen LogP contribution is 2.45. The molecule has 2 atom stereocenters. The molecule has 0 radical (unpaired) electrons. The van der Waals surface area contributed by atoms with Crippen molar-refractivity contribution in [3.05, 3.63) is 0 Å². The maximum Gasteiger partial charge on any atom is 0.309 e. The molecule has 1 aliphatic rings. The molecule has 0 aromatic carbocycles. The zero-order chi connectivity index (χ0) is 10.6. The Bertz CT molecular complexity index is 200. The highest BCUT2D eigenvalue weighted by Gasteiger charge is 2.43. The predicted octanol–water partition coefficient (Wildman–Crippen LogP) is 3.46. The van der Waals surface area contributed by atoms with Crippen LogP contribution in [-0.4, -0.2) is 11.1 Å². The summed E-state index contributed by atoms with van der Waals surface area (Å²) in [6, 6.07) is 0. The lowest BCUT2D eigenvalue weighted by Crippen LogP contribution is -2.28. The number of aliphatic carboxylic acids is 1. The average Bonchev–Trinajstić information content (AvgIpc) is 2.49. The Hall–Kier alpha value is -0.530. The van der Waals surface area contributed by atoms with E-state index in [0.29, 0.717) is 5.92 Å². The van der Waals surface area contributed by atoms with Gasteiger partial charge in [-0.05, 0) is 31.6 Å². The molecule has 82 valence electrons. The smallest absolute Gasteiger partial charge is 0.309 e. The Kier molecular flexibility index (Phi) is 3.97. The number of rotatable bonds is 5. The number of carbonyl (C=O) groups is 1. The summed E-state index contributed by atoms with van der Waals surface area (Å²) in [6.07, 6.45) is 7.20. The van der Waals surface area contributed by atoms with Crippen LogP contribution in [0.3, 0.4) is 0 Å². The minimum absolute atomic E-state index is 0.366. The largest absolute Gasteiger partial charge is 0.481 e. The Balaban J connectivity index is 2.50. The summed E-state index contributed by atoms with van der Waals surface area (Å²) in [5.41, 5.74) is -0.366. The van der Waals surface area contributed by atoms with E-state index in [1.807, 2.05) is 0 Å². The fourth-order valence-corrected chi connectivity index (χ4v) is 2.64. The van der Waals surface area contributed by atoms with Gasteiger partial charge >= 0.3 is 5.97 Å². The van der Waals surface area contributed by atoms with Gasteiger partial charge in [-0.1, -0.05) is 33.1 Å². The number of carboxylic acid groups (broad SMARTS) is 1. The van der Waals surface area contributed by atoms with Crippen LogP contribution in [0.1, 0.15) is 58.8 Å². The lowest BCUT2D eigenvalue weighted by Gasteiger charge is -2.23. The van der Waals surface area contributed by atoms with Gasteiger partial charge in [0.2, 0.25) is 0 Å². The summed E-state index contributed by atoms with van der Waals surface area (Å²) in [4.78, 5) is 11.3. The van der Waals surface area contributed by atoms with Gasteiger partial charge in [0.15, 0.2) is 0 Å². The van der Waals surface area contributed by atoms with Crippen molar-refractivity contribution < 1.29 is 9.90 Å². The number of hydrogen-bond acceptors (Lipinski definition) is 1. The van der Waals surface area contributed by atoms with Gasteiger partial charge in [0, 0.05) is 0 Å². The van der Waals surface area contributed by atoms with Gasteiger partial charge in [0.05, 0.1) is 5.41 Å². The third-order valence-electron chi connectivity index (χ3n) is 3.57. The Morgan fingerprint density at radius 3 is 2.64 bits per heavy atom. The van der Waals surface area contributed by atoms with E-state index in [1.54, 1.807) is 0 Å². The Morgan fingerprint density at radius 1 is 1.50 bits per heavy atom. The van der Waals surface area contributed by atoms with E-state index >= 15 is 0 Å². The van der Waals surface area contributed by atoms with E-state index in [0.717, 1.165) is 32.1 Å². The standard InChI is InChI=1S/C12H22O2/c1-3-4-5-7-12(11(13)14)8-6-10(2)9-12/h10H,3-9H2,1-2H3,(H,13,14). The lowest BCUT2D eigenvalue weighted by atomic mass is 9.80. The SMILES string of the molecule is CCCCCC1(C(=O)O)CCC(C)C1. The predicted molar refractivity (Wildman–Crippen MR) is 57.2 cm³/mol. The third kappa shape index (κ3) is 2.49. The highest BCUT2D eigenvalue weighted by molar-refractivity contribution is 5.75. The zero-order valence-electron chi connectivity index (χ0n) is 9.38. The summed E-state index contributed by atoms with van der Waals surface area (Å²) in [5.74, 6) is 0.0469. The van der Waals surface area contributed by atoms with E-state index in [4.69, 9.17) is 0 Å². The maximum atomic E-state index is 11.3. The first-order valence-electron chi connectivity index (χ1n) is 5.84. The molecule has 14 heavy (non-hydrogen) atoms. The number of unbranched alkanes of at least 4 members (excludes halogenated alkanes) is 2. The van der Waals surface area contributed by atoms with E-state index in [-0.39, 0.29) is 5.41 Å². The first-order chi connectivity index (χ1) is 6.60. The van der Waals surface area contributed by atoms with Gasteiger partial charge in [-0.25, -0.2) is 0 Å². The van der Waals surface area contributed by atoms with Crippen LogP contribution < -0.4 is 0 Å². The third-order valence-corrected chi connectivity index (χ3v) is 3.57. The molecule has 0 amide bonds. The van der Waals surface area contributed by atoms with Gasteiger partial charge in [0.1, 0.15) is 0 Å². The monoisotopic (exact) mass is 198 g/mol. The van der Waals surface area contributed by atoms with Gasteiger partial charge in [-0.2, -0.15) is 0 Å². The molecule has 1 rings (SSSR count). The molecule has 0 bridgehead atoms. The first-order valence-corrected chi connectivity index (χ1v) is 5.84. The average molecular weight is 198 g/mol. The second kappa shape index (κ2) is 4.81. The molecule has 0 aromatic heterocycles. The van der Waals surface area contributed by atoms with Crippen molar-refractivity contribution in [1.29, 1.82) is 0 Å². The molecule has 0 heterocycles. The maximum absolute atomic E-state index is 11.3. The van der Waals surface area contributed by atoms with Crippen LogP contribution in [0.2, 0.25) is 0 Å². The van der Waals surface area contributed by atoms with Gasteiger partial charge in [-0.3, -0.25) is 4.79 Å². The van der Waals surface area contributed by atoms with Crippen LogP contribution in [0.5, 0.6) is 0 Å². The molecule has 2 unspecified atom stereocenters. The summed E-state index contributed by atoms with van der Waals surface area (Å²) in [6.45, 7) is 4.33. The number of hydrogen-bond donors (Lipinski definition) is 1. The topological polar surface area (TPSA) is 37.3 Å². The first kappa shape index (κ1) is 11.5. The van der Waals surface area contributed by atoms with Crippen LogP contribution in [0.25, 0.3) is 0 Å². The summed E-state index contributed by atoms with van der Waals surface area (Å²) in [5, 5.41) is 9.28. The molecule has 1 N–H and O–H groups in total. The minimum Gasteiger partial charge on any atom is -0.481 e. The molecule has 0 spiro atoms. The molecule has 2 nitrogen and oxygen atoms in total. The fourth-order valence-electron chi connectivity index (χ4n) is 2.64. The van der Waals surface area contributed by atoms with Crippen molar-refractivity contribution in [3.63, 3.8) is 0 Å². The van der Waals surface area contributed by atoms with Crippen LogP contribution in [-0.2, 0) is 4.79 Å². The van der Waals surface area contributed by atoms with Crippen LogP contribution in [0.4, 0.5) is 0 Å². The normalized spacial score (nSPS) is 32.0. The minimum atomic E-state index is -0.557. The summed E-state index contributed by atoms with van der Waals surface area (Å²) in [7, 11) is 0. The second-order valence-corrected chi connectivity index (χ2v) is 4.89. The van der Waals surface area contributed by atoms with E-state index < -0.39 is 5.97 Å². The molecular weight excluding hydrogens is 176 g/mol. The Labute approximate surface area is 86.7 Å². The van der Waals surface area contributed by atoms with Crippen LogP contribution in [0.15, 0.2) is 0 Å². The molecule has 1 aliphatic carbocycles. The second-order valence-electron chi connectivity index (χ2n) is 4.89. The molecule has 0 saturated heterocycles. The van der Waals surface area contributed by atoms with Crippen molar-refractivity contribution in [3.8, 4) is 0 Å².